The van der Waals surface area contributed by atoms with E-state index < -0.39 is 0 Å². The highest BCUT2D eigenvalue weighted by Crippen LogP contribution is 2.71. The Balaban J connectivity index is 1.90. The lowest BCUT2D eigenvalue weighted by atomic mass is 10.0. The summed E-state index contributed by atoms with van der Waals surface area (Å²) < 4.78 is 0. The van der Waals surface area contributed by atoms with Crippen molar-refractivity contribution in [1.29, 1.82) is 0 Å². The Morgan fingerprint density at radius 1 is 0.500 bits per heavy atom. The smallest absolute Gasteiger partial charge is 0.00949 e. The molecule has 0 aliphatic carbocycles. The zero-order chi connectivity index (χ0) is 22.6. The fourth-order valence-electron chi connectivity index (χ4n) is 5.77. The monoisotopic (exact) mass is 456 g/mol. The lowest BCUT2D eigenvalue weighted by Gasteiger charge is -2.27. The minimum atomic E-state index is -0.336. The highest BCUT2D eigenvalue weighted by molar-refractivity contribution is 7.62. The number of benzene rings is 2. The number of rotatable bonds is 2. The van der Waals surface area contributed by atoms with E-state index in [0.29, 0.717) is 0 Å². The average molecular weight is 457 g/mol. The Hall–Kier alpha value is -2.00. The molecular weight excluding hydrogens is 422 g/mol. The summed E-state index contributed by atoms with van der Waals surface area (Å²) in [5.74, 6) is 0. The van der Waals surface area contributed by atoms with Gasteiger partial charge >= 0.3 is 0 Å². The van der Waals surface area contributed by atoms with Crippen LogP contribution in [0.3, 0.4) is 0 Å². The summed E-state index contributed by atoms with van der Waals surface area (Å²) in [5, 5.41) is 6.78. The van der Waals surface area contributed by atoms with Crippen LogP contribution in [0.4, 0.5) is 0 Å². The maximum absolute atomic E-state index is 2.53. The first-order valence-electron chi connectivity index (χ1n) is 12.0. The second kappa shape index (κ2) is 8.41. The molecule has 32 heavy (non-hydrogen) atoms. The van der Waals surface area contributed by atoms with Crippen LogP contribution in [0.2, 0.25) is 0 Å². The third kappa shape index (κ3) is 3.27. The minimum absolute atomic E-state index is 0.336. The van der Waals surface area contributed by atoms with Crippen molar-refractivity contribution < 1.29 is 0 Å². The van der Waals surface area contributed by atoms with Crippen molar-refractivity contribution in [3.05, 3.63) is 82.9 Å². The van der Waals surface area contributed by atoms with Gasteiger partial charge in [0.05, 0.1) is 0 Å². The Bertz CT molecular complexity index is 1170. The summed E-state index contributed by atoms with van der Waals surface area (Å²) in [6.45, 7) is 14.7. The predicted molar refractivity (Wildman–Crippen MR) is 146 cm³/mol. The molecule has 0 radical (unpaired) electrons. The molecule has 4 aromatic rings. The van der Waals surface area contributed by atoms with E-state index in [4.69, 9.17) is 0 Å². The molecule has 164 valence electrons. The number of hydrogen-bond acceptors (Lipinski definition) is 0. The van der Waals surface area contributed by atoms with Gasteiger partial charge in [0.25, 0.3) is 0 Å². The van der Waals surface area contributed by atoms with E-state index in [1.807, 2.05) is 0 Å². The van der Waals surface area contributed by atoms with E-state index in [9.17, 15) is 0 Å². The van der Waals surface area contributed by atoms with Crippen molar-refractivity contribution in [1.82, 2.24) is 0 Å². The Labute approximate surface area is 195 Å². The number of fused-ring (bicyclic) bond motifs is 3. The zero-order valence-corrected chi connectivity index (χ0v) is 22.0. The maximum atomic E-state index is 2.53. The Morgan fingerprint density at radius 2 is 0.812 bits per heavy atom. The van der Waals surface area contributed by atoms with Crippen molar-refractivity contribution >= 4 is 15.1 Å². The van der Waals surface area contributed by atoms with Gasteiger partial charge in [0.1, 0.15) is 0 Å². The molecule has 0 fully saturated rings. The van der Waals surface area contributed by atoms with Crippen LogP contribution in [-0.2, 0) is 0 Å². The molecule has 2 aromatic heterocycles. The molecule has 1 aliphatic heterocycles. The lowest BCUT2D eigenvalue weighted by molar-refractivity contribution is 0.667. The third-order valence-corrected chi connectivity index (χ3v) is 14.4. The molecule has 3 heterocycles. The predicted octanol–water partition coefficient (Wildman–Crippen LogP) is 10.8. The van der Waals surface area contributed by atoms with E-state index in [1.54, 1.807) is 43.4 Å². The fraction of sp³-hybridized carbons (Fsp3) is 0.333. The molecule has 0 amide bonds. The van der Waals surface area contributed by atoms with Gasteiger partial charge in [-0.2, -0.15) is 0 Å². The van der Waals surface area contributed by atoms with Crippen LogP contribution in [0.1, 0.15) is 60.3 Å². The van der Waals surface area contributed by atoms with E-state index in [1.165, 1.54) is 24.0 Å². The van der Waals surface area contributed by atoms with Crippen molar-refractivity contribution in [3.63, 3.8) is 0 Å². The first-order chi connectivity index (χ1) is 15.4. The van der Waals surface area contributed by atoms with E-state index in [-0.39, 0.29) is 15.1 Å². The molecule has 5 rings (SSSR count). The first-order valence-corrected chi connectivity index (χ1v) is 14.8. The molecule has 1 aliphatic rings. The molecule has 0 saturated carbocycles. The Morgan fingerprint density at radius 3 is 1.16 bits per heavy atom. The SMILES string of the molecule is Cc1c(C)c2p(c1-c1ccccc1)[C@@H](C)CC[C@H](C)p1c(-c3ccccc3)c(C)c(C)c1-2. The van der Waals surface area contributed by atoms with E-state index in [2.05, 4.69) is 102 Å². The Kier molecular flexibility index (Phi) is 5.73. The summed E-state index contributed by atoms with van der Waals surface area (Å²) in [6.07, 6.45) is 2.67. The normalized spacial score (nSPS) is 19.2. The van der Waals surface area contributed by atoms with E-state index in [0.717, 1.165) is 11.3 Å². The van der Waals surface area contributed by atoms with Gasteiger partial charge in [-0.05, 0) is 85.2 Å². The van der Waals surface area contributed by atoms with Gasteiger partial charge in [0.15, 0.2) is 0 Å². The van der Waals surface area contributed by atoms with Crippen LogP contribution in [0.5, 0.6) is 0 Å². The summed E-state index contributed by atoms with van der Waals surface area (Å²) in [7, 11) is -0.673. The van der Waals surface area contributed by atoms with Gasteiger partial charge in [-0.15, -0.1) is 15.1 Å². The molecule has 2 heteroatoms. The molecule has 2 unspecified atom stereocenters. The van der Waals surface area contributed by atoms with Crippen LogP contribution < -0.4 is 0 Å². The zero-order valence-electron chi connectivity index (χ0n) is 20.2. The van der Waals surface area contributed by atoms with Crippen molar-refractivity contribution in [2.24, 2.45) is 0 Å². The molecule has 2 aromatic carbocycles. The summed E-state index contributed by atoms with van der Waals surface area (Å²) in [5.41, 5.74) is 10.6. The molecule has 0 bridgehead atoms. The third-order valence-electron chi connectivity index (χ3n) is 7.71. The largest absolute Gasteiger partial charge is 0.105 e. The van der Waals surface area contributed by atoms with Gasteiger partial charge in [0, 0.05) is 21.2 Å². The van der Waals surface area contributed by atoms with Crippen LogP contribution in [0, 0.1) is 27.7 Å². The van der Waals surface area contributed by atoms with Gasteiger partial charge in [0.2, 0.25) is 0 Å². The highest BCUT2D eigenvalue weighted by Gasteiger charge is 2.33. The van der Waals surface area contributed by atoms with Gasteiger partial charge in [-0.3, -0.25) is 0 Å². The lowest BCUT2D eigenvalue weighted by Crippen LogP contribution is -1.94. The van der Waals surface area contributed by atoms with Crippen molar-refractivity contribution in [3.8, 4) is 32.3 Å². The molecule has 0 saturated heterocycles. The average Bonchev–Trinajstić information content (AvgIpc) is 3.22. The van der Waals surface area contributed by atoms with Gasteiger partial charge in [-0.1, -0.05) is 74.5 Å². The van der Waals surface area contributed by atoms with Crippen LogP contribution in [0.15, 0.2) is 60.7 Å². The molecule has 0 nitrogen and oxygen atoms in total. The topological polar surface area (TPSA) is 0 Å². The highest BCUT2D eigenvalue weighted by atomic mass is 31.1. The van der Waals surface area contributed by atoms with Gasteiger partial charge < -0.3 is 0 Å². The maximum Gasteiger partial charge on any atom is 0.00949 e. The second-order valence-electron chi connectivity index (χ2n) is 9.64. The van der Waals surface area contributed by atoms with Crippen LogP contribution in [-0.4, -0.2) is 0 Å². The number of hydrogen-bond donors (Lipinski definition) is 0. The van der Waals surface area contributed by atoms with Crippen molar-refractivity contribution in [2.75, 3.05) is 0 Å². The molecule has 0 spiro atoms. The van der Waals surface area contributed by atoms with Crippen molar-refractivity contribution in [2.45, 2.75) is 65.7 Å². The minimum Gasteiger partial charge on any atom is -0.105 e. The summed E-state index contributed by atoms with van der Waals surface area (Å²) >= 11 is 0. The summed E-state index contributed by atoms with van der Waals surface area (Å²) in [6, 6.07) is 22.5. The quantitative estimate of drug-likeness (QED) is 0.281. The standard InChI is InChI=1S/C30H34P2/c1-19-17-18-20(2)32-28(26-15-11-8-12-16-26)22(4)24(6)30(32)29-23(5)21(3)27(31(19)29)25-13-9-7-10-14-25/h7-16,19-20H,17-18H2,1-6H3/t19-,20-,31?,32?/m0/s1. The first kappa shape index (κ1) is 21.8. The molecule has 0 N–H and O–H groups in total. The summed E-state index contributed by atoms with van der Waals surface area (Å²) in [4.78, 5) is 0. The van der Waals surface area contributed by atoms with Crippen LogP contribution >= 0.6 is 15.1 Å². The molecular formula is C30H34P2. The van der Waals surface area contributed by atoms with Gasteiger partial charge in [-0.25, -0.2) is 0 Å². The molecule has 4 atom stereocenters. The fourth-order valence-corrected chi connectivity index (χ4v) is 13.2. The van der Waals surface area contributed by atoms with E-state index >= 15 is 0 Å². The van der Waals surface area contributed by atoms with Crippen LogP contribution in [0.25, 0.3) is 32.3 Å². The second-order valence-corrected chi connectivity index (χ2v) is 14.7.